The van der Waals surface area contributed by atoms with E-state index in [1.807, 2.05) is 20.8 Å². The highest BCUT2D eigenvalue weighted by Gasteiger charge is 2.29. The van der Waals surface area contributed by atoms with E-state index < -0.39 is 20.7 Å². The van der Waals surface area contributed by atoms with Gasteiger partial charge in [-0.15, -0.1) is 0 Å². The van der Waals surface area contributed by atoms with Crippen molar-refractivity contribution in [2.45, 2.75) is 25.7 Å². The number of nitrogen functional groups attached to an aromatic ring is 1. The minimum atomic E-state index is -3.90. The Bertz CT molecular complexity index is 582. The number of hydrogen-bond donors (Lipinski definition) is 1. The molecule has 0 aromatic heterocycles. The minimum absolute atomic E-state index is 0.0373. The first-order valence-electron chi connectivity index (χ1n) is 5.66. The monoisotopic (exact) mass is 352 g/mol. The first-order valence-corrected chi connectivity index (χ1v) is 7.89. The van der Waals surface area contributed by atoms with Crippen molar-refractivity contribution >= 4 is 31.6 Å². The second-order valence-corrected chi connectivity index (χ2v) is 8.50. The third kappa shape index (κ3) is 3.90. The van der Waals surface area contributed by atoms with E-state index in [9.17, 15) is 12.8 Å². The summed E-state index contributed by atoms with van der Waals surface area (Å²) in [4.78, 5) is -0.411. The van der Waals surface area contributed by atoms with Crippen LogP contribution >= 0.6 is 15.9 Å². The summed E-state index contributed by atoms with van der Waals surface area (Å²) < 4.78 is 39.8. The van der Waals surface area contributed by atoms with E-state index in [0.29, 0.717) is 0 Å². The number of hydrogen-bond acceptors (Lipinski definition) is 3. The lowest BCUT2D eigenvalue weighted by molar-refractivity contribution is 0.310. The Balaban J connectivity index is 3.28. The molecular weight excluding hydrogens is 335 g/mol. The SMILES string of the molecule is CN(CC(C)(C)C)S(=O)(=O)c1cc(N)cc(Br)c1F. The molecule has 0 bridgehead atoms. The molecule has 0 aliphatic rings. The molecule has 0 amide bonds. The normalized spacial score (nSPS) is 13.0. The molecule has 108 valence electrons. The Morgan fingerprint density at radius 3 is 2.37 bits per heavy atom. The van der Waals surface area contributed by atoms with E-state index in [4.69, 9.17) is 5.73 Å². The molecule has 1 aromatic rings. The molecule has 2 N–H and O–H groups in total. The maximum Gasteiger partial charge on any atom is 0.245 e. The molecule has 19 heavy (non-hydrogen) atoms. The fraction of sp³-hybridized carbons (Fsp3) is 0.500. The summed E-state index contributed by atoms with van der Waals surface area (Å²) in [6, 6.07) is 2.46. The number of rotatable bonds is 3. The van der Waals surface area contributed by atoms with Gasteiger partial charge in [-0.1, -0.05) is 20.8 Å². The van der Waals surface area contributed by atoms with Crippen LogP contribution in [0.25, 0.3) is 0 Å². The van der Waals surface area contributed by atoms with Crippen molar-refractivity contribution in [3.63, 3.8) is 0 Å². The van der Waals surface area contributed by atoms with Gasteiger partial charge in [-0.05, 0) is 33.5 Å². The Kier molecular flexibility index (Phi) is 4.64. The zero-order valence-electron chi connectivity index (χ0n) is 11.4. The lowest BCUT2D eigenvalue weighted by Gasteiger charge is -2.26. The second kappa shape index (κ2) is 5.38. The predicted octanol–water partition coefficient (Wildman–Crippen LogP) is 2.84. The van der Waals surface area contributed by atoms with E-state index in [2.05, 4.69) is 15.9 Å². The fourth-order valence-corrected chi connectivity index (χ4v) is 3.82. The van der Waals surface area contributed by atoms with E-state index in [0.717, 1.165) is 10.4 Å². The van der Waals surface area contributed by atoms with Crippen LogP contribution in [0.3, 0.4) is 0 Å². The first-order chi connectivity index (χ1) is 8.45. The summed E-state index contributed by atoms with van der Waals surface area (Å²) in [5, 5.41) is 0. The summed E-state index contributed by atoms with van der Waals surface area (Å²) in [5.41, 5.74) is 5.54. The van der Waals surface area contributed by atoms with Crippen molar-refractivity contribution in [3.05, 3.63) is 22.4 Å². The van der Waals surface area contributed by atoms with Gasteiger partial charge in [-0.3, -0.25) is 0 Å². The molecule has 0 saturated heterocycles. The van der Waals surface area contributed by atoms with Gasteiger partial charge in [0.1, 0.15) is 4.90 Å². The summed E-state index contributed by atoms with van der Waals surface area (Å²) in [5.74, 6) is -0.824. The topological polar surface area (TPSA) is 63.4 Å². The van der Waals surface area contributed by atoms with Crippen LogP contribution in [0.4, 0.5) is 10.1 Å². The van der Waals surface area contributed by atoms with Crippen molar-refractivity contribution in [2.24, 2.45) is 5.41 Å². The molecule has 1 aromatic carbocycles. The third-order valence-electron chi connectivity index (χ3n) is 2.40. The van der Waals surface area contributed by atoms with Gasteiger partial charge in [0.25, 0.3) is 0 Å². The highest BCUT2D eigenvalue weighted by Crippen LogP contribution is 2.29. The molecule has 0 heterocycles. The predicted molar refractivity (Wildman–Crippen MR) is 77.8 cm³/mol. The van der Waals surface area contributed by atoms with Crippen LogP contribution in [0.2, 0.25) is 0 Å². The molecule has 0 saturated carbocycles. The summed E-state index contributed by atoms with van der Waals surface area (Å²) in [6.07, 6.45) is 0. The molecule has 0 radical (unpaired) electrons. The number of anilines is 1. The quantitative estimate of drug-likeness (QED) is 0.850. The molecular formula is C12H18BrFN2O2S. The standard InChI is InChI=1S/C12H18BrFN2O2S/c1-12(2,3)7-16(4)19(17,18)10-6-8(15)5-9(13)11(10)14/h5-6H,7,15H2,1-4H3. The maximum atomic E-state index is 14.0. The number of halogens is 2. The van der Waals surface area contributed by atoms with E-state index in [1.54, 1.807) is 0 Å². The van der Waals surface area contributed by atoms with Gasteiger partial charge in [0, 0.05) is 19.3 Å². The largest absolute Gasteiger partial charge is 0.399 e. The lowest BCUT2D eigenvalue weighted by atomic mass is 9.97. The number of nitrogens with two attached hydrogens (primary N) is 1. The minimum Gasteiger partial charge on any atom is -0.399 e. The smallest absolute Gasteiger partial charge is 0.245 e. The molecule has 7 heteroatoms. The summed E-state index contributed by atoms with van der Waals surface area (Å²) in [6.45, 7) is 6.00. The van der Waals surface area contributed by atoms with Gasteiger partial charge >= 0.3 is 0 Å². The number of sulfonamides is 1. The van der Waals surface area contributed by atoms with Gasteiger partial charge in [0.2, 0.25) is 10.0 Å². The maximum absolute atomic E-state index is 14.0. The zero-order chi connectivity index (χ0) is 15.0. The third-order valence-corrected chi connectivity index (χ3v) is 4.78. The lowest BCUT2D eigenvalue weighted by Crippen LogP contribution is -2.35. The molecule has 0 spiro atoms. The molecule has 4 nitrogen and oxygen atoms in total. The van der Waals surface area contributed by atoms with Crippen molar-refractivity contribution < 1.29 is 12.8 Å². The highest BCUT2D eigenvalue weighted by molar-refractivity contribution is 9.10. The van der Waals surface area contributed by atoms with Crippen LogP contribution in [-0.2, 0) is 10.0 Å². The Labute approximate surface area is 122 Å². The summed E-state index contributed by atoms with van der Waals surface area (Å²) in [7, 11) is -2.47. The average Bonchev–Trinajstić information content (AvgIpc) is 2.20. The zero-order valence-corrected chi connectivity index (χ0v) is 13.8. The Morgan fingerprint density at radius 1 is 1.37 bits per heavy atom. The van der Waals surface area contributed by atoms with Crippen LogP contribution in [-0.4, -0.2) is 26.3 Å². The molecule has 0 aliphatic heterocycles. The van der Waals surface area contributed by atoms with Gasteiger partial charge in [0.15, 0.2) is 5.82 Å². The molecule has 0 aliphatic carbocycles. The van der Waals surface area contributed by atoms with E-state index >= 15 is 0 Å². The molecule has 1 rings (SSSR count). The molecule has 0 unspecified atom stereocenters. The van der Waals surface area contributed by atoms with Crippen molar-refractivity contribution in [3.8, 4) is 0 Å². The summed E-state index contributed by atoms with van der Waals surface area (Å²) >= 11 is 2.96. The molecule has 0 atom stereocenters. The number of benzene rings is 1. The van der Waals surface area contributed by atoms with Gasteiger partial charge in [-0.2, -0.15) is 0 Å². The first kappa shape index (κ1) is 16.4. The molecule has 0 fully saturated rings. The van der Waals surface area contributed by atoms with Crippen molar-refractivity contribution in [1.82, 2.24) is 4.31 Å². The van der Waals surface area contributed by atoms with Crippen LogP contribution in [0.1, 0.15) is 20.8 Å². The Hall–Kier alpha value is -0.660. The van der Waals surface area contributed by atoms with Crippen LogP contribution in [0, 0.1) is 11.2 Å². The van der Waals surface area contributed by atoms with Crippen molar-refractivity contribution in [1.29, 1.82) is 0 Å². The van der Waals surface area contributed by atoms with Crippen LogP contribution in [0.5, 0.6) is 0 Å². The second-order valence-electron chi connectivity index (χ2n) is 5.64. The van der Waals surface area contributed by atoms with Gasteiger partial charge in [-0.25, -0.2) is 17.1 Å². The van der Waals surface area contributed by atoms with E-state index in [-0.39, 0.29) is 22.1 Å². The average molecular weight is 353 g/mol. The van der Waals surface area contributed by atoms with Crippen molar-refractivity contribution in [2.75, 3.05) is 19.3 Å². The van der Waals surface area contributed by atoms with Crippen LogP contribution in [0.15, 0.2) is 21.5 Å². The van der Waals surface area contributed by atoms with E-state index in [1.165, 1.54) is 13.1 Å². The Morgan fingerprint density at radius 2 is 1.89 bits per heavy atom. The van der Waals surface area contributed by atoms with Gasteiger partial charge in [0.05, 0.1) is 4.47 Å². The number of nitrogens with zero attached hydrogens (tertiary/aromatic N) is 1. The highest BCUT2D eigenvalue weighted by atomic mass is 79.9. The fourth-order valence-electron chi connectivity index (χ4n) is 1.69. The van der Waals surface area contributed by atoms with Crippen LogP contribution < -0.4 is 5.73 Å². The van der Waals surface area contributed by atoms with Gasteiger partial charge < -0.3 is 5.73 Å².